The van der Waals surface area contributed by atoms with Crippen molar-refractivity contribution in [3.63, 3.8) is 0 Å². The topological polar surface area (TPSA) is 84.1 Å². The number of nitrogens with one attached hydrogen (secondary N) is 1. The average Bonchev–Trinajstić information content (AvgIpc) is 3.47. The maximum Gasteiger partial charge on any atom is 0.427 e. The first-order valence-electron chi connectivity index (χ1n) is 9.16. The predicted octanol–water partition coefficient (Wildman–Crippen LogP) is 3.44. The van der Waals surface area contributed by atoms with Gasteiger partial charge in [-0.2, -0.15) is 13.2 Å². The minimum atomic E-state index is -4.94. The van der Waals surface area contributed by atoms with Crippen molar-refractivity contribution in [2.45, 2.75) is 31.0 Å². The first kappa shape index (κ1) is 19.9. The molecule has 2 aromatic rings. The van der Waals surface area contributed by atoms with Gasteiger partial charge in [-0.25, -0.2) is 19.2 Å². The molecule has 1 saturated carbocycles. The maximum atomic E-state index is 14.9. The molecule has 1 aliphatic heterocycles. The number of benzene rings is 1. The Morgan fingerprint density at radius 1 is 1.37 bits per heavy atom. The van der Waals surface area contributed by atoms with E-state index in [9.17, 15) is 22.4 Å². The molecule has 10 heteroatoms. The van der Waals surface area contributed by atoms with Crippen molar-refractivity contribution >= 4 is 17.7 Å². The number of halogens is 4. The molecular formula is C20H17F4N5O. The van der Waals surface area contributed by atoms with E-state index in [-0.39, 0.29) is 29.5 Å². The molecule has 1 aromatic heterocycles. The molecule has 3 N–H and O–H groups in total. The predicted molar refractivity (Wildman–Crippen MR) is 101 cm³/mol. The SMILES string of the molecule is CN1C(=O)Nc2cc(Cc3ccnc(N)n3)c(F)cc2[C@@]1(C#CC1CC1)C(F)(F)F. The summed E-state index contributed by atoms with van der Waals surface area (Å²) in [5.41, 5.74) is 2.44. The van der Waals surface area contributed by atoms with Crippen molar-refractivity contribution in [1.29, 1.82) is 0 Å². The lowest BCUT2D eigenvalue weighted by Crippen LogP contribution is -2.60. The average molecular weight is 419 g/mol. The van der Waals surface area contributed by atoms with Gasteiger partial charge in [-0.05, 0) is 36.6 Å². The minimum Gasteiger partial charge on any atom is -0.368 e. The Morgan fingerprint density at radius 3 is 2.73 bits per heavy atom. The summed E-state index contributed by atoms with van der Waals surface area (Å²) in [6.07, 6.45) is -2.17. The molecule has 4 rings (SSSR count). The lowest BCUT2D eigenvalue weighted by Gasteiger charge is -2.43. The minimum absolute atomic E-state index is 0.00719. The number of anilines is 2. The fourth-order valence-corrected chi connectivity index (χ4v) is 3.39. The molecule has 30 heavy (non-hydrogen) atoms. The number of nitrogens with two attached hydrogens (primary N) is 1. The molecule has 0 saturated heterocycles. The molecule has 6 nitrogen and oxygen atoms in total. The highest BCUT2D eigenvalue weighted by Crippen LogP contribution is 2.49. The number of aromatic nitrogens is 2. The Hall–Kier alpha value is -3.35. The van der Waals surface area contributed by atoms with Crippen LogP contribution in [0.1, 0.15) is 29.7 Å². The fraction of sp³-hybridized carbons (Fsp3) is 0.350. The fourth-order valence-electron chi connectivity index (χ4n) is 3.39. The van der Waals surface area contributed by atoms with Crippen molar-refractivity contribution in [2.24, 2.45) is 5.92 Å². The molecule has 156 valence electrons. The van der Waals surface area contributed by atoms with E-state index in [0.29, 0.717) is 23.4 Å². The van der Waals surface area contributed by atoms with E-state index >= 15 is 0 Å². The molecule has 1 fully saturated rings. The van der Waals surface area contributed by atoms with Gasteiger partial charge in [0.1, 0.15) is 5.82 Å². The number of alkyl halides is 3. The first-order valence-corrected chi connectivity index (χ1v) is 9.16. The monoisotopic (exact) mass is 419 g/mol. The number of carbonyl (C=O) groups is 1. The molecule has 1 atom stereocenters. The first-order chi connectivity index (χ1) is 14.1. The molecule has 1 aromatic carbocycles. The van der Waals surface area contributed by atoms with Crippen LogP contribution in [0.5, 0.6) is 0 Å². The van der Waals surface area contributed by atoms with E-state index in [0.717, 1.165) is 13.1 Å². The molecular weight excluding hydrogens is 402 g/mol. The largest absolute Gasteiger partial charge is 0.427 e. The molecule has 0 spiro atoms. The van der Waals surface area contributed by atoms with Gasteiger partial charge >= 0.3 is 12.2 Å². The van der Waals surface area contributed by atoms with Crippen LogP contribution in [0.25, 0.3) is 0 Å². The van der Waals surface area contributed by atoms with Crippen LogP contribution in [0, 0.1) is 23.6 Å². The van der Waals surface area contributed by atoms with Gasteiger partial charge in [0, 0.05) is 36.8 Å². The highest BCUT2D eigenvalue weighted by molar-refractivity contribution is 5.94. The van der Waals surface area contributed by atoms with Gasteiger partial charge in [0.2, 0.25) is 11.5 Å². The number of nitrogens with zero attached hydrogens (tertiary/aromatic N) is 3. The smallest absolute Gasteiger partial charge is 0.368 e. The summed E-state index contributed by atoms with van der Waals surface area (Å²) in [5.74, 6) is 3.85. The molecule has 2 heterocycles. The van der Waals surface area contributed by atoms with Gasteiger partial charge in [0.05, 0.1) is 5.69 Å². The number of rotatable bonds is 2. The van der Waals surface area contributed by atoms with Crippen molar-refractivity contribution < 1.29 is 22.4 Å². The number of amides is 2. The van der Waals surface area contributed by atoms with Crippen molar-refractivity contribution in [3.8, 4) is 11.8 Å². The number of urea groups is 1. The number of nitrogen functional groups attached to an aromatic ring is 1. The maximum absolute atomic E-state index is 14.9. The number of hydrogen-bond acceptors (Lipinski definition) is 4. The third-order valence-corrected chi connectivity index (χ3v) is 5.17. The van der Waals surface area contributed by atoms with E-state index in [4.69, 9.17) is 5.73 Å². The zero-order chi connectivity index (χ0) is 21.7. The summed E-state index contributed by atoms with van der Waals surface area (Å²) in [6, 6.07) is 2.52. The van der Waals surface area contributed by atoms with Gasteiger partial charge in [0.25, 0.3) is 0 Å². The van der Waals surface area contributed by atoms with E-state index in [1.807, 2.05) is 0 Å². The number of fused-ring (bicyclic) bond motifs is 1. The summed E-state index contributed by atoms with van der Waals surface area (Å²) >= 11 is 0. The Bertz CT molecular complexity index is 1090. The Morgan fingerprint density at radius 2 is 2.10 bits per heavy atom. The van der Waals surface area contributed by atoms with Crippen molar-refractivity contribution in [2.75, 3.05) is 18.1 Å². The third kappa shape index (κ3) is 3.30. The van der Waals surface area contributed by atoms with Crippen LogP contribution < -0.4 is 11.1 Å². The van der Waals surface area contributed by atoms with E-state index in [2.05, 4.69) is 27.1 Å². The van der Waals surface area contributed by atoms with Gasteiger partial charge in [0.15, 0.2) is 0 Å². The summed E-state index contributed by atoms with van der Waals surface area (Å²) in [7, 11) is 1.00. The molecule has 2 amide bonds. The molecule has 2 aliphatic rings. The van der Waals surface area contributed by atoms with Crippen LogP contribution in [0.15, 0.2) is 24.4 Å². The van der Waals surface area contributed by atoms with Crippen LogP contribution in [0.3, 0.4) is 0 Å². The van der Waals surface area contributed by atoms with E-state index in [1.165, 1.54) is 18.3 Å². The molecule has 0 radical (unpaired) electrons. The van der Waals surface area contributed by atoms with Crippen LogP contribution in [-0.2, 0) is 12.0 Å². The van der Waals surface area contributed by atoms with Gasteiger partial charge in [-0.1, -0.05) is 11.8 Å². The Balaban J connectivity index is 1.86. The van der Waals surface area contributed by atoms with E-state index < -0.39 is 29.1 Å². The second-order valence-corrected chi connectivity index (χ2v) is 7.31. The summed E-state index contributed by atoms with van der Waals surface area (Å²) in [4.78, 5) is 20.6. The normalized spacial score (nSPS) is 20.8. The van der Waals surface area contributed by atoms with Crippen LogP contribution in [-0.4, -0.2) is 34.1 Å². The number of carbonyl (C=O) groups excluding carboxylic acids is 1. The van der Waals surface area contributed by atoms with Crippen molar-refractivity contribution in [1.82, 2.24) is 14.9 Å². The van der Waals surface area contributed by atoms with Crippen LogP contribution in [0.4, 0.5) is 34.0 Å². The second-order valence-electron chi connectivity index (χ2n) is 7.31. The molecule has 0 unspecified atom stereocenters. The Kier molecular flexibility index (Phi) is 4.56. The van der Waals surface area contributed by atoms with Crippen molar-refractivity contribution in [3.05, 3.63) is 47.0 Å². The van der Waals surface area contributed by atoms with Crippen LogP contribution in [0.2, 0.25) is 0 Å². The quantitative estimate of drug-likeness (QED) is 0.577. The summed E-state index contributed by atoms with van der Waals surface area (Å²) < 4.78 is 57.9. The van der Waals surface area contributed by atoms with Gasteiger partial charge in [-0.15, -0.1) is 0 Å². The third-order valence-electron chi connectivity index (χ3n) is 5.17. The standard InChI is InChI=1S/C20H17F4N5O/c1-29-18(30)28-16-9-12(8-13-5-7-26-17(25)27-13)15(21)10-14(16)19(29,20(22,23)24)6-4-11-2-3-11/h5,7,9-11H,2-3,8H2,1H3,(H,28,30)(H2,25,26,27)/t19-/m0/s1. The lowest BCUT2D eigenvalue weighted by molar-refractivity contribution is -0.203. The summed E-state index contributed by atoms with van der Waals surface area (Å²) in [5, 5.41) is 2.40. The van der Waals surface area contributed by atoms with Gasteiger partial charge < -0.3 is 11.1 Å². The van der Waals surface area contributed by atoms with Gasteiger partial charge in [-0.3, -0.25) is 4.90 Å². The Labute approximate surface area is 169 Å². The van der Waals surface area contributed by atoms with E-state index in [1.54, 1.807) is 0 Å². The molecule has 1 aliphatic carbocycles. The zero-order valence-electron chi connectivity index (χ0n) is 15.8. The zero-order valence-corrected chi connectivity index (χ0v) is 15.8. The lowest BCUT2D eigenvalue weighted by atomic mass is 9.83. The van der Waals surface area contributed by atoms with Crippen LogP contribution >= 0.6 is 0 Å². The second kappa shape index (κ2) is 6.86. The summed E-state index contributed by atoms with van der Waals surface area (Å²) in [6.45, 7) is 0. The molecule has 0 bridgehead atoms. The number of hydrogen-bond donors (Lipinski definition) is 2. The highest BCUT2D eigenvalue weighted by atomic mass is 19.4. The highest BCUT2D eigenvalue weighted by Gasteiger charge is 2.62.